The van der Waals surface area contributed by atoms with Crippen molar-refractivity contribution in [1.82, 2.24) is 4.98 Å². The van der Waals surface area contributed by atoms with Crippen molar-refractivity contribution in [3.8, 4) is 0 Å². The van der Waals surface area contributed by atoms with Gasteiger partial charge in [0.15, 0.2) is 5.13 Å². The Morgan fingerprint density at radius 1 is 1.45 bits per heavy atom. The van der Waals surface area contributed by atoms with E-state index in [-0.39, 0.29) is 11.6 Å². The van der Waals surface area contributed by atoms with Gasteiger partial charge in [-0.25, -0.2) is 4.98 Å². The lowest BCUT2D eigenvalue weighted by atomic mass is 10.1. The molecule has 20 heavy (non-hydrogen) atoms. The molecule has 0 spiro atoms. The molecule has 9 heteroatoms. The van der Waals surface area contributed by atoms with Crippen LogP contribution in [0, 0.1) is 10.1 Å². The van der Waals surface area contributed by atoms with Crippen molar-refractivity contribution in [1.29, 1.82) is 0 Å². The summed E-state index contributed by atoms with van der Waals surface area (Å²) in [5.41, 5.74) is 0.524. The molecule has 0 aliphatic heterocycles. The Labute approximate surface area is 128 Å². The molecule has 1 heterocycles. The van der Waals surface area contributed by atoms with Crippen LogP contribution in [0.1, 0.15) is 11.6 Å². The fourth-order valence-corrected chi connectivity index (χ4v) is 2.96. The van der Waals surface area contributed by atoms with E-state index in [1.807, 2.05) is 0 Å². The highest BCUT2D eigenvalue weighted by atomic mass is 35.5. The van der Waals surface area contributed by atoms with Gasteiger partial charge in [-0.1, -0.05) is 29.3 Å². The van der Waals surface area contributed by atoms with E-state index in [9.17, 15) is 15.2 Å². The Hall–Kier alpha value is -1.41. The first-order valence-electron chi connectivity index (χ1n) is 5.44. The van der Waals surface area contributed by atoms with Crippen LogP contribution in [-0.2, 0) is 0 Å². The molecule has 0 aliphatic carbocycles. The van der Waals surface area contributed by atoms with Crippen LogP contribution in [0.2, 0.25) is 10.0 Å². The molecule has 0 fully saturated rings. The van der Waals surface area contributed by atoms with Gasteiger partial charge in [0, 0.05) is 15.6 Å². The second kappa shape index (κ2) is 6.36. The lowest BCUT2D eigenvalue weighted by Gasteiger charge is -2.18. The van der Waals surface area contributed by atoms with Crippen molar-refractivity contribution >= 4 is 44.7 Å². The number of nitrogens with one attached hydrogen (secondary N) is 1. The molecule has 0 aliphatic rings. The molecule has 0 saturated carbocycles. The van der Waals surface area contributed by atoms with Gasteiger partial charge >= 0.3 is 5.00 Å². The highest BCUT2D eigenvalue weighted by Crippen LogP contribution is 2.34. The van der Waals surface area contributed by atoms with Crippen molar-refractivity contribution < 1.29 is 10.0 Å². The first-order chi connectivity index (χ1) is 9.52. The zero-order valence-corrected chi connectivity index (χ0v) is 12.2. The van der Waals surface area contributed by atoms with Crippen molar-refractivity contribution in [3.63, 3.8) is 0 Å². The Balaban J connectivity index is 2.26. The van der Waals surface area contributed by atoms with Crippen molar-refractivity contribution in [2.24, 2.45) is 0 Å². The summed E-state index contributed by atoms with van der Waals surface area (Å²) in [6.07, 6.45) is 1.15. The summed E-state index contributed by atoms with van der Waals surface area (Å²) in [6.45, 7) is -0.281. The second-order valence-electron chi connectivity index (χ2n) is 3.78. The highest BCUT2D eigenvalue weighted by Gasteiger charge is 2.20. The van der Waals surface area contributed by atoms with E-state index in [1.165, 1.54) is 0 Å². The summed E-state index contributed by atoms with van der Waals surface area (Å²) in [7, 11) is 0. The Bertz CT molecular complexity index is 615. The first kappa shape index (κ1) is 15.0. The van der Waals surface area contributed by atoms with Gasteiger partial charge in [0.05, 0.1) is 17.6 Å². The number of nitrogens with zero attached hydrogens (tertiary/aromatic N) is 2. The predicted molar refractivity (Wildman–Crippen MR) is 78.7 cm³/mol. The number of aliphatic hydroxyl groups is 1. The standard InChI is InChI=1S/C11H9Cl2N3O3S/c12-6-2-1-3-7(13)10(6)8(5-17)15-11-14-4-9(20-11)16(18)19/h1-4,8,17H,5H2,(H,14,15). The summed E-state index contributed by atoms with van der Waals surface area (Å²) < 4.78 is 0. The molecule has 0 amide bonds. The van der Waals surface area contributed by atoms with E-state index in [0.717, 1.165) is 17.5 Å². The minimum Gasteiger partial charge on any atom is -0.394 e. The number of halogens is 2. The number of nitro groups is 1. The third-order valence-corrected chi connectivity index (χ3v) is 4.04. The maximum atomic E-state index is 10.6. The normalized spacial score (nSPS) is 12.2. The van der Waals surface area contributed by atoms with Crippen LogP contribution >= 0.6 is 34.5 Å². The minimum atomic E-state index is -0.595. The van der Waals surface area contributed by atoms with Crippen LogP contribution in [0.3, 0.4) is 0 Å². The van der Waals surface area contributed by atoms with Crippen LogP contribution in [0.15, 0.2) is 24.4 Å². The summed E-state index contributed by atoms with van der Waals surface area (Å²) in [5.74, 6) is 0. The molecule has 2 N–H and O–H groups in total. The lowest BCUT2D eigenvalue weighted by molar-refractivity contribution is -0.380. The smallest absolute Gasteiger partial charge is 0.345 e. The van der Waals surface area contributed by atoms with E-state index in [1.54, 1.807) is 18.2 Å². The number of rotatable bonds is 5. The number of hydrogen-bond acceptors (Lipinski definition) is 6. The van der Waals surface area contributed by atoms with Crippen LogP contribution in [0.4, 0.5) is 10.1 Å². The monoisotopic (exact) mass is 333 g/mol. The van der Waals surface area contributed by atoms with Crippen LogP contribution in [0.25, 0.3) is 0 Å². The Morgan fingerprint density at radius 2 is 2.10 bits per heavy atom. The summed E-state index contributed by atoms with van der Waals surface area (Å²) in [5, 5.41) is 24.0. The molecule has 2 rings (SSSR count). The number of benzene rings is 1. The van der Waals surface area contributed by atoms with E-state index in [2.05, 4.69) is 10.3 Å². The lowest BCUT2D eigenvalue weighted by Crippen LogP contribution is -2.15. The second-order valence-corrected chi connectivity index (χ2v) is 5.60. The summed E-state index contributed by atoms with van der Waals surface area (Å²) in [4.78, 5) is 14.0. The van der Waals surface area contributed by atoms with Gasteiger partial charge in [0.25, 0.3) is 0 Å². The first-order valence-corrected chi connectivity index (χ1v) is 7.01. The van der Waals surface area contributed by atoms with Gasteiger partial charge in [-0.15, -0.1) is 0 Å². The molecule has 1 unspecified atom stereocenters. The number of hydrogen-bond donors (Lipinski definition) is 2. The van der Waals surface area contributed by atoms with E-state index >= 15 is 0 Å². The fraction of sp³-hybridized carbons (Fsp3) is 0.182. The molecular formula is C11H9Cl2N3O3S. The number of aromatic nitrogens is 1. The molecule has 2 aromatic rings. The van der Waals surface area contributed by atoms with Crippen LogP contribution in [-0.4, -0.2) is 21.6 Å². The quantitative estimate of drug-likeness (QED) is 0.645. The average molecular weight is 334 g/mol. The number of anilines is 1. The van der Waals surface area contributed by atoms with Gasteiger partial charge in [-0.05, 0) is 23.5 Å². The predicted octanol–water partition coefficient (Wildman–Crippen LogP) is 3.50. The highest BCUT2D eigenvalue weighted by molar-refractivity contribution is 7.18. The Kier molecular flexibility index (Phi) is 4.77. The molecular weight excluding hydrogens is 325 g/mol. The van der Waals surface area contributed by atoms with E-state index < -0.39 is 11.0 Å². The van der Waals surface area contributed by atoms with Crippen LogP contribution in [0.5, 0.6) is 0 Å². The third kappa shape index (κ3) is 3.18. The van der Waals surface area contributed by atoms with Gasteiger partial charge < -0.3 is 10.4 Å². The molecule has 1 aromatic heterocycles. The van der Waals surface area contributed by atoms with E-state index in [4.69, 9.17) is 23.2 Å². The molecule has 1 atom stereocenters. The summed E-state index contributed by atoms with van der Waals surface area (Å²) >= 11 is 13.0. The largest absolute Gasteiger partial charge is 0.394 e. The van der Waals surface area contributed by atoms with E-state index in [0.29, 0.717) is 20.7 Å². The average Bonchev–Trinajstić information content (AvgIpc) is 2.86. The summed E-state index contributed by atoms with van der Waals surface area (Å²) in [6, 6.07) is 4.40. The molecule has 106 valence electrons. The molecule has 0 radical (unpaired) electrons. The van der Waals surface area contributed by atoms with Gasteiger partial charge in [-0.3, -0.25) is 10.1 Å². The van der Waals surface area contributed by atoms with Crippen molar-refractivity contribution in [2.75, 3.05) is 11.9 Å². The molecule has 0 saturated heterocycles. The minimum absolute atomic E-state index is 0.0885. The maximum absolute atomic E-state index is 10.6. The molecule has 0 bridgehead atoms. The van der Waals surface area contributed by atoms with Gasteiger partial charge in [0.2, 0.25) is 0 Å². The maximum Gasteiger partial charge on any atom is 0.345 e. The van der Waals surface area contributed by atoms with Gasteiger partial charge in [-0.2, -0.15) is 0 Å². The molecule has 6 nitrogen and oxygen atoms in total. The zero-order valence-electron chi connectivity index (χ0n) is 9.92. The van der Waals surface area contributed by atoms with Crippen molar-refractivity contribution in [3.05, 3.63) is 50.1 Å². The topological polar surface area (TPSA) is 88.3 Å². The molecule has 1 aromatic carbocycles. The fourth-order valence-electron chi connectivity index (χ4n) is 1.62. The van der Waals surface area contributed by atoms with Crippen molar-refractivity contribution in [2.45, 2.75) is 6.04 Å². The number of thiazole rings is 1. The Morgan fingerprint density at radius 3 is 2.60 bits per heavy atom. The van der Waals surface area contributed by atoms with Crippen LogP contribution < -0.4 is 5.32 Å². The van der Waals surface area contributed by atoms with Gasteiger partial charge in [0.1, 0.15) is 6.20 Å². The SMILES string of the molecule is O=[N+]([O-])c1cnc(NC(CO)c2c(Cl)cccc2Cl)s1. The zero-order chi connectivity index (χ0) is 14.7. The number of aliphatic hydroxyl groups excluding tert-OH is 1. The third-order valence-electron chi connectivity index (χ3n) is 2.50.